The summed E-state index contributed by atoms with van der Waals surface area (Å²) in [7, 11) is 0. The Balaban J connectivity index is 1.67. The zero-order valence-corrected chi connectivity index (χ0v) is 13.2. The van der Waals surface area contributed by atoms with Gasteiger partial charge in [0.2, 0.25) is 0 Å². The number of nitriles is 1. The monoisotopic (exact) mass is 273 g/mol. The molecule has 2 rings (SSSR count). The van der Waals surface area contributed by atoms with Crippen molar-refractivity contribution in [2.45, 2.75) is 77.6 Å². The summed E-state index contributed by atoms with van der Waals surface area (Å²) in [4.78, 5) is 0. The first-order chi connectivity index (χ1) is 9.83. The number of hydrogen-bond acceptors (Lipinski definition) is 1. The molecule has 0 N–H and O–H groups in total. The molecule has 0 amide bonds. The second-order valence-corrected chi connectivity index (χ2v) is 6.99. The van der Waals surface area contributed by atoms with Crippen molar-refractivity contribution in [3.05, 3.63) is 12.2 Å². The van der Waals surface area contributed by atoms with E-state index >= 15 is 0 Å². The van der Waals surface area contributed by atoms with Crippen LogP contribution in [0.15, 0.2) is 12.2 Å². The van der Waals surface area contributed by atoms with Gasteiger partial charge in [-0.25, -0.2) is 0 Å². The fraction of sp³-hybridized carbons (Fsp3) is 0.842. The summed E-state index contributed by atoms with van der Waals surface area (Å²) < 4.78 is 0. The maximum atomic E-state index is 8.99. The van der Waals surface area contributed by atoms with E-state index in [0.29, 0.717) is 5.92 Å². The van der Waals surface area contributed by atoms with Crippen LogP contribution in [0.25, 0.3) is 0 Å². The van der Waals surface area contributed by atoms with Crippen LogP contribution in [0.4, 0.5) is 0 Å². The molecule has 2 fully saturated rings. The van der Waals surface area contributed by atoms with Gasteiger partial charge in [0.05, 0.1) is 6.07 Å². The summed E-state index contributed by atoms with van der Waals surface area (Å²) >= 11 is 0. The molecule has 0 aliphatic heterocycles. The van der Waals surface area contributed by atoms with Crippen LogP contribution >= 0.6 is 0 Å². The van der Waals surface area contributed by atoms with E-state index in [2.05, 4.69) is 25.1 Å². The highest BCUT2D eigenvalue weighted by molar-refractivity contribution is 4.93. The van der Waals surface area contributed by atoms with Gasteiger partial charge in [-0.2, -0.15) is 5.26 Å². The van der Waals surface area contributed by atoms with E-state index in [1.807, 2.05) is 0 Å². The van der Waals surface area contributed by atoms with E-state index in [4.69, 9.17) is 5.26 Å². The molecule has 1 heteroatoms. The van der Waals surface area contributed by atoms with Crippen molar-refractivity contribution in [3.63, 3.8) is 0 Å². The molecule has 0 aromatic carbocycles. The number of nitrogens with zero attached hydrogens (tertiary/aromatic N) is 1. The molecule has 0 atom stereocenters. The minimum absolute atomic E-state index is 0.365. The highest BCUT2D eigenvalue weighted by Crippen LogP contribution is 2.41. The van der Waals surface area contributed by atoms with Crippen molar-refractivity contribution >= 4 is 0 Å². The molecular formula is C19H31N. The van der Waals surface area contributed by atoms with Crippen LogP contribution in [-0.2, 0) is 0 Å². The van der Waals surface area contributed by atoms with Gasteiger partial charge in [0.1, 0.15) is 0 Å². The molecule has 0 aromatic rings. The fourth-order valence-corrected chi connectivity index (χ4v) is 4.14. The SMILES string of the molecule is CCCC/C=C/[C@H]1CC[C@H](C2CCC(C#N)CC2)CC1. The minimum atomic E-state index is 0.365. The highest BCUT2D eigenvalue weighted by Gasteiger charge is 2.30. The van der Waals surface area contributed by atoms with Gasteiger partial charge in [0.15, 0.2) is 0 Å². The van der Waals surface area contributed by atoms with Gasteiger partial charge in [-0.1, -0.05) is 31.9 Å². The van der Waals surface area contributed by atoms with E-state index in [0.717, 1.165) is 30.6 Å². The predicted octanol–water partition coefficient (Wildman–Crippen LogP) is 5.87. The van der Waals surface area contributed by atoms with Gasteiger partial charge in [-0.05, 0) is 75.5 Å². The molecule has 20 heavy (non-hydrogen) atoms. The molecule has 1 nitrogen and oxygen atoms in total. The summed E-state index contributed by atoms with van der Waals surface area (Å²) in [6, 6.07) is 2.46. The topological polar surface area (TPSA) is 23.8 Å². The maximum Gasteiger partial charge on any atom is 0.0655 e. The van der Waals surface area contributed by atoms with E-state index in [1.165, 1.54) is 57.8 Å². The Bertz CT molecular complexity index is 322. The first-order valence-electron chi connectivity index (χ1n) is 8.89. The van der Waals surface area contributed by atoms with Gasteiger partial charge in [0.25, 0.3) is 0 Å². The van der Waals surface area contributed by atoms with Crippen molar-refractivity contribution < 1.29 is 0 Å². The smallest absolute Gasteiger partial charge is 0.0655 e. The van der Waals surface area contributed by atoms with Gasteiger partial charge in [-0.15, -0.1) is 0 Å². The Morgan fingerprint density at radius 3 is 2.10 bits per heavy atom. The number of unbranched alkanes of at least 4 members (excludes halogenated alkanes) is 2. The lowest BCUT2D eigenvalue weighted by molar-refractivity contribution is 0.168. The fourth-order valence-electron chi connectivity index (χ4n) is 4.14. The predicted molar refractivity (Wildman–Crippen MR) is 85.2 cm³/mol. The minimum Gasteiger partial charge on any atom is -0.198 e. The van der Waals surface area contributed by atoms with Crippen LogP contribution in [0, 0.1) is 35.0 Å². The second kappa shape index (κ2) is 8.50. The summed E-state index contributed by atoms with van der Waals surface area (Å²) in [6.07, 6.45) is 19.5. The number of rotatable bonds is 5. The third kappa shape index (κ3) is 4.65. The molecule has 2 aliphatic rings. The quantitative estimate of drug-likeness (QED) is 0.454. The van der Waals surface area contributed by atoms with E-state index in [1.54, 1.807) is 0 Å². The van der Waals surface area contributed by atoms with Crippen molar-refractivity contribution in [2.75, 3.05) is 0 Å². The van der Waals surface area contributed by atoms with E-state index in [-0.39, 0.29) is 0 Å². The van der Waals surface area contributed by atoms with E-state index in [9.17, 15) is 0 Å². The average molecular weight is 273 g/mol. The third-order valence-corrected chi connectivity index (χ3v) is 5.57. The lowest BCUT2D eigenvalue weighted by Crippen LogP contribution is -2.25. The maximum absolute atomic E-state index is 8.99. The van der Waals surface area contributed by atoms with Gasteiger partial charge < -0.3 is 0 Å². The molecule has 0 aromatic heterocycles. The lowest BCUT2D eigenvalue weighted by atomic mass is 9.69. The largest absolute Gasteiger partial charge is 0.198 e. The van der Waals surface area contributed by atoms with Crippen molar-refractivity contribution in [3.8, 4) is 6.07 Å². The average Bonchev–Trinajstić information content (AvgIpc) is 2.52. The van der Waals surface area contributed by atoms with Crippen LogP contribution in [-0.4, -0.2) is 0 Å². The van der Waals surface area contributed by atoms with Crippen LogP contribution in [0.3, 0.4) is 0 Å². The molecule has 0 spiro atoms. The molecule has 112 valence electrons. The Kier molecular flexibility index (Phi) is 6.64. The first-order valence-corrected chi connectivity index (χ1v) is 8.89. The molecule has 0 radical (unpaired) electrons. The molecule has 0 unspecified atom stereocenters. The van der Waals surface area contributed by atoms with Crippen LogP contribution in [0.2, 0.25) is 0 Å². The van der Waals surface area contributed by atoms with Crippen LogP contribution in [0.1, 0.15) is 77.6 Å². The van der Waals surface area contributed by atoms with Crippen molar-refractivity contribution in [2.24, 2.45) is 23.7 Å². The Morgan fingerprint density at radius 2 is 1.55 bits per heavy atom. The molecule has 2 aliphatic carbocycles. The number of hydrogen-bond donors (Lipinski definition) is 0. The van der Waals surface area contributed by atoms with E-state index < -0.39 is 0 Å². The van der Waals surface area contributed by atoms with Crippen molar-refractivity contribution in [1.82, 2.24) is 0 Å². The Morgan fingerprint density at radius 1 is 0.950 bits per heavy atom. The lowest BCUT2D eigenvalue weighted by Gasteiger charge is -2.36. The Labute approximate surface area is 125 Å². The second-order valence-electron chi connectivity index (χ2n) is 6.99. The molecule has 2 saturated carbocycles. The zero-order chi connectivity index (χ0) is 14.2. The van der Waals surface area contributed by atoms with Crippen LogP contribution in [0.5, 0.6) is 0 Å². The normalized spacial score (nSPS) is 35.0. The molecular weight excluding hydrogens is 242 g/mol. The van der Waals surface area contributed by atoms with Gasteiger partial charge in [-0.3, -0.25) is 0 Å². The summed E-state index contributed by atoms with van der Waals surface area (Å²) in [6.45, 7) is 2.26. The summed E-state index contributed by atoms with van der Waals surface area (Å²) in [5.41, 5.74) is 0. The van der Waals surface area contributed by atoms with Gasteiger partial charge >= 0.3 is 0 Å². The van der Waals surface area contributed by atoms with Crippen LogP contribution < -0.4 is 0 Å². The first kappa shape index (κ1) is 15.6. The molecule has 0 saturated heterocycles. The standard InChI is InChI=1S/C19H31N/c1-2-3-4-5-6-16-7-11-18(12-8-16)19-13-9-17(15-20)10-14-19/h5-6,16-19H,2-4,7-14H2,1H3/b6-5+/t16-,17?,18-,19?. The molecule has 0 bridgehead atoms. The summed E-state index contributed by atoms with van der Waals surface area (Å²) in [5, 5.41) is 8.99. The number of allylic oxidation sites excluding steroid dienone is 2. The highest BCUT2D eigenvalue weighted by atomic mass is 14.4. The van der Waals surface area contributed by atoms with Crippen molar-refractivity contribution in [1.29, 1.82) is 5.26 Å². The molecule has 0 heterocycles. The third-order valence-electron chi connectivity index (χ3n) is 5.57. The van der Waals surface area contributed by atoms with Gasteiger partial charge in [0, 0.05) is 5.92 Å². The summed E-state index contributed by atoms with van der Waals surface area (Å²) in [5.74, 6) is 3.13. The Hall–Kier alpha value is -0.770. The zero-order valence-electron chi connectivity index (χ0n) is 13.2.